The predicted octanol–water partition coefficient (Wildman–Crippen LogP) is 4.40. The van der Waals surface area contributed by atoms with Crippen molar-refractivity contribution in [2.45, 2.75) is 49.1 Å². The highest BCUT2D eigenvalue weighted by Gasteiger charge is 2.22. The average Bonchev–Trinajstić information content (AvgIpc) is 2.71. The summed E-state index contributed by atoms with van der Waals surface area (Å²) in [5.74, 6) is 0.587. The molecule has 2 aromatic rings. The first-order valence-electron chi connectivity index (χ1n) is 9.92. The predicted molar refractivity (Wildman–Crippen MR) is 110 cm³/mol. The number of carboxylic acids is 1. The molecule has 148 valence electrons. The van der Waals surface area contributed by atoms with Gasteiger partial charge in [-0.1, -0.05) is 24.8 Å². The number of carbonyl (C=O) groups is 1. The summed E-state index contributed by atoms with van der Waals surface area (Å²) in [7, 11) is 0. The van der Waals surface area contributed by atoms with Crippen molar-refractivity contribution in [3.8, 4) is 0 Å². The Bertz CT molecular complexity index is 852. The second-order valence-corrected chi connectivity index (χ2v) is 8.83. The van der Waals surface area contributed by atoms with Crippen molar-refractivity contribution >= 4 is 29.2 Å². The van der Waals surface area contributed by atoms with Gasteiger partial charge in [0, 0.05) is 23.8 Å². The molecular formula is C21H26N4O2S. The lowest BCUT2D eigenvalue weighted by Gasteiger charge is -2.32. The first-order valence-corrected chi connectivity index (χ1v) is 10.7. The Morgan fingerprint density at radius 2 is 2.11 bits per heavy atom. The molecule has 0 aliphatic carbocycles. The van der Waals surface area contributed by atoms with Gasteiger partial charge in [0.2, 0.25) is 0 Å². The van der Waals surface area contributed by atoms with Crippen LogP contribution in [0.5, 0.6) is 0 Å². The number of carboxylic acid groups (broad SMARTS) is 1. The Kier molecular flexibility index (Phi) is 5.82. The van der Waals surface area contributed by atoms with Crippen LogP contribution in [0.4, 0.5) is 11.5 Å². The summed E-state index contributed by atoms with van der Waals surface area (Å²) in [6.45, 7) is 4.94. The third-order valence-corrected chi connectivity index (χ3v) is 6.76. The van der Waals surface area contributed by atoms with E-state index in [0.29, 0.717) is 5.92 Å². The zero-order valence-electron chi connectivity index (χ0n) is 16.1. The molecule has 0 bridgehead atoms. The Morgan fingerprint density at radius 1 is 1.32 bits per heavy atom. The molecule has 0 saturated carbocycles. The van der Waals surface area contributed by atoms with Crippen LogP contribution in [0.25, 0.3) is 0 Å². The van der Waals surface area contributed by atoms with Crippen LogP contribution in [0.3, 0.4) is 0 Å². The van der Waals surface area contributed by atoms with E-state index in [9.17, 15) is 4.79 Å². The molecule has 0 amide bonds. The van der Waals surface area contributed by atoms with Crippen molar-refractivity contribution in [3.05, 3.63) is 36.2 Å². The van der Waals surface area contributed by atoms with Crippen LogP contribution in [0.1, 0.15) is 38.2 Å². The van der Waals surface area contributed by atoms with Crippen LogP contribution < -0.4 is 5.32 Å². The van der Waals surface area contributed by atoms with Gasteiger partial charge < -0.3 is 10.4 Å². The SMILES string of the molecule is CC(CCC1CCN(Cc2ccc3c(c2)Sc2nccnc2N3)CC1)C(=O)O. The van der Waals surface area contributed by atoms with E-state index in [1.807, 2.05) is 6.92 Å². The normalized spacial score (nSPS) is 18.0. The third-order valence-electron chi connectivity index (χ3n) is 5.71. The highest BCUT2D eigenvalue weighted by Crippen LogP contribution is 2.42. The second-order valence-electron chi connectivity index (χ2n) is 7.80. The third kappa shape index (κ3) is 4.47. The van der Waals surface area contributed by atoms with E-state index in [-0.39, 0.29) is 5.92 Å². The molecule has 1 atom stereocenters. The quantitative estimate of drug-likeness (QED) is 0.637. The van der Waals surface area contributed by atoms with Crippen molar-refractivity contribution in [1.82, 2.24) is 14.9 Å². The number of likely N-dealkylation sites (tertiary alicyclic amines) is 1. The maximum Gasteiger partial charge on any atom is 0.306 e. The summed E-state index contributed by atoms with van der Waals surface area (Å²) in [6.07, 6.45) is 7.58. The molecule has 1 aromatic carbocycles. The number of nitrogens with one attached hydrogen (secondary N) is 1. The highest BCUT2D eigenvalue weighted by atomic mass is 32.2. The lowest BCUT2D eigenvalue weighted by atomic mass is 9.89. The molecule has 4 rings (SSSR count). The lowest BCUT2D eigenvalue weighted by Crippen LogP contribution is -2.33. The fourth-order valence-corrected chi connectivity index (χ4v) is 4.83. The molecule has 1 saturated heterocycles. The zero-order chi connectivity index (χ0) is 19.5. The number of benzene rings is 1. The maximum absolute atomic E-state index is 11.0. The molecule has 3 heterocycles. The van der Waals surface area contributed by atoms with Crippen LogP contribution in [-0.4, -0.2) is 39.0 Å². The molecular weight excluding hydrogens is 372 g/mol. The van der Waals surface area contributed by atoms with Gasteiger partial charge in [-0.05, 0) is 62.4 Å². The van der Waals surface area contributed by atoms with Crippen molar-refractivity contribution < 1.29 is 9.90 Å². The van der Waals surface area contributed by atoms with Crippen LogP contribution in [0, 0.1) is 11.8 Å². The van der Waals surface area contributed by atoms with Gasteiger partial charge in [-0.2, -0.15) is 0 Å². The highest BCUT2D eigenvalue weighted by molar-refractivity contribution is 7.99. The van der Waals surface area contributed by atoms with Gasteiger partial charge >= 0.3 is 5.97 Å². The standard InChI is InChI=1S/C21H26N4O2S/c1-14(21(26)27)2-3-15-6-10-25(11-7-15)13-16-4-5-17-18(12-16)28-20-19(24-17)22-8-9-23-20/h4-5,8-9,12,14-15H,2-3,6-7,10-11,13H2,1H3,(H,22,24)(H,26,27). The minimum atomic E-state index is -0.675. The number of aliphatic carboxylic acids is 1. The number of hydrogen-bond donors (Lipinski definition) is 2. The molecule has 1 aromatic heterocycles. The maximum atomic E-state index is 11.0. The Hall–Kier alpha value is -2.12. The topological polar surface area (TPSA) is 78.4 Å². The summed E-state index contributed by atoms with van der Waals surface area (Å²) in [5.41, 5.74) is 2.41. The monoisotopic (exact) mass is 398 g/mol. The molecule has 2 aliphatic heterocycles. The number of hydrogen-bond acceptors (Lipinski definition) is 6. The van der Waals surface area contributed by atoms with Crippen LogP contribution in [-0.2, 0) is 11.3 Å². The summed E-state index contributed by atoms with van der Waals surface area (Å²) in [6, 6.07) is 6.58. The molecule has 0 spiro atoms. The van der Waals surface area contributed by atoms with Gasteiger partial charge in [0.05, 0.1) is 11.6 Å². The Labute approximate surface area is 169 Å². The summed E-state index contributed by atoms with van der Waals surface area (Å²) in [4.78, 5) is 23.4. The summed E-state index contributed by atoms with van der Waals surface area (Å²) in [5, 5.41) is 13.3. The summed E-state index contributed by atoms with van der Waals surface area (Å²) < 4.78 is 0. The minimum Gasteiger partial charge on any atom is -0.481 e. The Morgan fingerprint density at radius 3 is 2.89 bits per heavy atom. The van der Waals surface area contributed by atoms with E-state index < -0.39 is 5.97 Å². The lowest BCUT2D eigenvalue weighted by molar-refractivity contribution is -0.141. The van der Waals surface area contributed by atoms with Gasteiger partial charge in [-0.25, -0.2) is 9.97 Å². The van der Waals surface area contributed by atoms with Crippen LogP contribution >= 0.6 is 11.8 Å². The number of fused-ring (bicyclic) bond motifs is 2. The van der Waals surface area contributed by atoms with Crippen molar-refractivity contribution in [3.63, 3.8) is 0 Å². The molecule has 28 heavy (non-hydrogen) atoms. The van der Waals surface area contributed by atoms with E-state index in [1.54, 1.807) is 24.2 Å². The van der Waals surface area contributed by atoms with Crippen LogP contribution in [0.2, 0.25) is 0 Å². The second kappa shape index (κ2) is 8.49. The number of aromatic nitrogens is 2. The van der Waals surface area contributed by atoms with Gasteiger partial charge in [0.25, 0.3) is 0 Å². The number of anilines is 2. The summed E-state index contributed by atoms with van der Waals surface area (Å²) >= 11 is 1.67. The first kappa shape index (κ1) is 19.2. The number of nitrogens with zero attached hydrogens (tertiary/aromatic N) is 3. The van der Waals surface area contributed by atoms with Gasteiger partial charge in [-0.15, -0.1) is 0 Å². The van der Waals surface area contributed by atoms with Gasteiger partial charge in [0.15, 0.2) is 5.82 Å². The molecule has 2 N–H and O–H groups in total. The van der Waals surface area contributed by atoms with E-state index >= 15 is 0 Å². The van der Waals surface area contributed by atoms with Gasteiger partial charge in [-0.3, -0.25) is 9.69 Å². The fourth-order valence-electron chi connectivity index (χ4n) is 3.87. The molecule has 7 heteroatoms. The van der Waals surface area contributed by atoms with E-state index in [0.717, 1.165) is 61.8 Å². The van der Waals surface area contributed by atoms with Crippen LogP contribution in [0.15, 0.2) is 40.5 Å². The van der Waals surface area contributed by atoms with Crippen molar-refractivity contribution in [1.29, 1.82) is 0 Å². The molecule has 6 nitrogen and oxygen atoms in total. The minimum absolute atomic E-state index is 0.227. The number of rotatable bonds is 6. The average molecular weight is 399 g/mol. The molecule has 1 unspecified atom stereocenters. The fraction of sp³-hybridized carbons (Fsp3) is 0.476. The molecule has 0 radical (unpaired) electrons. The van der Waals surface area contributed by atoms with E-state index in [4.69, 9.17) is 5.11 Å². The van der Waals surface area contributed by atoms with E-state index in [2.05, 4.69) is 38.4 Å². The number of piperidine rings is 1. The van der Waals surface area contributed by atoms with E-state index in [1.165, 1.54) is 10.5 Å². The molecule has 2 aliphatic rings. The Balaban J connectivity index is 1.30. The van der Waals surface area contributed by atoms with Crippen molar-refractivity contribution in [2.75, 3.05) is 18.4 Å². The first-order chi connectivity index (χ1) is 13.6. The largest absolute Gasteiger partial charge is 0.481 e. The molecule has 1 fully saturated rings. The smallest absolute Gasteiger partial charge is 0.306 e. The van der Waals surface area contributed by atoms with Crippen molar-refractivity contribution in [2.24, 2.45) is 11.8 Å². The van der Waals surface area contributed by atoms with Gasteiger partial charge in [0.1, 0.15) is 5.03 Å². The zero-order valence-corrected chi connectivity index (χ0v) is 16.9.